The number of hydrogen-bond donors (Lipinski definition) is 0. The molecule has 0 aliphatic rings. The zero-order chi connectivity index (χ0) is 25.4. The van der Waals surface area contributed by atoms with Crippen LogP contribution in [0.15, 0.2) is 73.5 Å². The summed E-state index contributed by atoms with van der Waals surface area (Å²) in [6.07, 6.45) is 0. The molecule has 2 aromatic carbocycles. The van der Waals surface area contributed by atoms with Crippen molar-refractivity contribution in [1.82, 2.24) is 14.1 Å². The molecule has 0 unspecified atom stereocenters. The van der Waals surface area contributed by atoms with Crippen molar-refractivity contribution in [2.45, 2.75) is 26.9 Å². The minimum atomic E-state index is -0.507. The smallest absolute Gasteiger partial charge is 0.298 e. The minimum Gasteiger partial charge on any atom is -0.317 e. The molecule has 2 amide bonds. The summed E-state index contributed by atoms with van der Waals surface area (Å²) in [5, 5.41) is 0. The number of carbonyl (C=O) groups is 2. The van der Waals surface area contributed by atoms with Crippen LogP contribution in [0.3, 0.4) is 0 Å². The Hall–Kier alpha value is -2.73. The lowest BCUT2D eigenvalue weighted by Crippen LogP contribution is -2.18. The molecule has 0 saturated heterocycles. The van der Waals surface area contributed by atoms with E-state index in [1.165, 1.54) is 22.7 Å². The van der Waals surface area contributed by atoms with E-state index in [0.717, 1.165) is 29.4 Å². The largest absolute Gasteiger partial charge is 0.317 e. The lowest BCUT2D eigenvalue weighted by atomic mass is 10.3. The maximum absolute atomic E-state index is 13.0. The third kappa shape index (κ3) is 4.80. The Bertz CT molecular complexity index is 1670. The number of amides is 2. The first-order valence-corrected chi connectivity index (χ1v) is 14.3. The topological polar surface area (TPSA) is 81.6 Å². The van der Waals surface area contributed by atoms with Crippen LogP contribution in [0.5, 0.6) is 0 Å². The zero-order valence-electron chi connectivity index (χ0n) is 19.2. The number of aromatic nitrogens is 3. The van der Waals surface area contributed by atoms with Gasteiger partial charge >= 0.3 is 0 Å². The van der Waals surface area contributed by atoms with Gasteiger partial charge in [-0.05, 0) is 62.4 Å². The Kier molecular flexibility index (Phi) is 7.16. The van der Waals surface area contributed by atoms with Crippen molar-refractivity contribution in [2.75, 3.05) is 0 Å². The van der Waals surface area contributed by atoms with Crippen LogP contribution in [-0.2, 0) is 13.1 Å². The van der Waals surface area contributed by atoms with Crippen LogP contribution in [0.1, 0.15) is 34.8 Å². The van der Waals surface area contributed by atoms with E-state index in [2.05, 4.69) is 46.8 Å². The second-order valence-electron chi connectivity index (χ2n) is 7.72. The van der Waals surface area contributed by atoms with Crippen LogP contribution >= 0.6 is 54.5 Å². The van der Waals surface area contributed by atoms with Crippen LogP contribution < -0.4 is 9.60 Å². The normalized spacial score (nSPS) is 12.7. The minimum absolute atomic E-state index is 0.0981. The van der Waals surface area contributed by atoms with Gasteiger partial charge in [0, 0.05) is 22.0 Å². The summed E-state index contributed by atoms with van der Waals surface area (Å²) >= 11 is 9.84. The molecule has 0 atom stereocenters. The van der Waals surface area contributed by atoms with Crippen molar-refractivity contribution in [1.29, 1.82) is 0 Å². The molecule has 5 rings (SSSR count). The average molecular weight is 645 g/mol. The van der Waals surface area contributed by atoms with E-state index in [0.29, 0.717) is 22.7 Å². The van der Waals surface area contributed by atoms with E-state index in [9.17, 15) is 9.59 Å². The number of aryl methyl sites for hydroxylation is 2. The van der Waals surface area contributed by atoms with Crippen molar-refractivity contribution in [2.24, 2.45) is 9.98 Å². The molecule has 0 fully saturated rings. The first kappa shape index (κ1) is 24.9. The van der Waals surface area contributed by atoms with Gasteiger partial charge in [-0.15, -0.1) is 0 Å². The molecule has 11 heteroatoms. The average Bonchev–Trinajstić information content (AvgIpc) is 3.39. The van der Waals surface area contributed by atoms with Gasteiger partial charge in [0.1, 0.15) is 11.4 Å². The Morgan fingerprint density at radius 2 is 1.22 bits per heavy atom. The summed E-state index contributed by atoms with van der Waals surface area (Å²) in [6.45, 7) is 5.35. The Balaban J connectivity index is 1.51. The van der Waals surface area contributed by atoms with Gasteiger partial charge < -0.3 is 9.13 Å². The van der Waals surface area contributed by atoms with Gasteiger partial charge in [0.2, 0.25) is 0 Å². The third-order valence-corrected chi connectivity index (χ3v) is 8.57. The molecule has 3 aromatic heterocycles. The zero-order valence-corrected chi connectivity index (χ0v) is 24.0. The number of halogens is 2. The third-order valence-electron chi connectivity index (χ3n) is 5.50. The molecule has 3 heterocycles. The standard InChI is InChI=1S/C25H19Br2N5O2S2/c1-3-31-18-10-8-14(26)12-20(18)35-24(31)29-22(33)16-6-5-7-17(28-16)23(34)30-25-32(4-2)19-11-9-15(27)13-21(19)36-25/h5-13H,3-4H2,1-2H3. The number of fused-ring (bicyclic) bond motifs is 2. The predicted octanol–water partition coefficient (Wildman–Crippen LogP) is 6.16. The summed E-state index contributed by atoms with van der Waals surface area (Å²) in [6, 6.07) is 16.7. The number of carbonyl (C=O) groups excluding carboxylic acids is 2. The van der Waals surface area contributed by atoms with Crippen LogP contribution in [-0.4, -0.2) is 25.9 Å². The highest BCUT2D eigenvalue weighted by molar-refractivity contribution is 9.10. The van der Waals surface area contributed by atoms with E-state index in [1.807, 2.05) is 59.4 Å². The lowest BCUT2D eigenvalue weighted by Gasteiger charge is -2.01. The van der Waals surface area contributed by atoms with Gasteiger partial charge in [0.25, 0.3) is 11.8 Å². The number of rotatable bonds is 4. The highest BCUT2D eigenvalue weighted by Crippen LogP contribution is 2.23. The molecule has 5 aromatic rings. The van der Waals surface area contributed by atoms with Gasteiger partial charge in [-0.25, -0.2) is 4.98 Å². The summed E-state index contributed by atoms with van der Waals surface area (Å²) < 4.78 is 7.94. The molecule has 7 nitrogen and oxygen atoms in total. The quantitative estimate of drug-likeness (QED) is 0.235. The molecule has 0 spiro atoms. The molecule has 0 saturated carbocycles. The Morgan fingerprint density at radius 3 is 1.64 bits per heavy atom. The fraction of sp³-hybridized carbons (Fsp3) is 0.160. The molecular weight excluding hydrogens is 626 g/mol. The second kappa shape index (κ2) is 10.3. The maximum atomic E-state index is 13.0. The van der Waals surface area contributed by atoms with E-state index in [4.69, 9.17) is 0 Å². The molecule has 0 radical (unpaired) electrons. The Labute approximate surface area is 230 Å². The van der Waals surface area contributed by atoms with Crippen molar-refractivity contribution >= 4 is 86.8 Å². The van der Waals surface area contributed by atoms with Crippen molar-refractivity contribution in [3.05, 3.63) is 84.5 Å². The first-order valence-electron chi connectivity index (χ1n) is 11.1. The van der Waals surface area contributed by atoms with E-state index >= 15 is 0 Å². The number of hydrogen-bond acceptors (Lipinski definition) is 5. The monoisotopic (exact) mass is 643 g/mol. The molecule has 0 N–H and O–H groups in total. The fourth-order valence-electron chi connectivity index (χ4n) is 3.84. The van der Waals surface area contributed by atoms with Crippen molar-refractivity contribution < 1.29 is 9.59 Å². The Morgan fingerprint density at radius 1 is 0.778 bits per heavy atom. The second-order valence-corrected chi connectivity index (χ2v) is 11.6. The van der Waals surface area contributed by atoms with Crippen LogP contribution in [0.2, 0.25) is 0 Å². The number of nitrogens with zero attached hydrogens (tertiary/aromatic N) is 5. The maximum Gasteiger partial charge on any atom is 0.298 e. The van der Waals surface area contributed by atoms with Gasteiger partial charge in [0.15, 0.2) is 9.60 Å². The van der Waals surface area contributed by atoms with Gasteiger partial charge in [0.05, 0.1) is 20.4 Å². The van der Waals surface area contributed by atoms with E-state index < -0.39 is 11.8 Å². The molecule has 0 aliphatic carbocycles. The SMILES string of the molecule is CCn1c(=NC(=O)c2cccc(C(=O)N=c3sc4cc(Br)ccc4n3CC)n2)sc2cc(Br)ccc21. The molecule has 0 bridgehead atoms. The number of benzene rings is 2. The predicted molar refractivity (Wildman–Crippen MR) is 150 cm³/mol. The first-order chi connectivity index (χ1) is 17.4. The van der Waals surface area contributed by atoms with Crippen molar-refractivity contribution in [3.63, 3.8) is 0 Å². The number of thiazole rings is 2. The highest BCUT2D eigenvalue weighted by Gasteiger charge is 2.14. The molecule has 0 aliphatic heterocycles. The van der Waals surface area contributed by atoms with E-state index in [1.54, 1.807) is 18.2 Å². The molecule has 36 heavy (non-hydrogen) atoms. The van der Waals surface area contributed by atoms with Gasteiger partial charge in [-0.1, -0.05) is 60.6 Å². The van der Waals surface area contributed by atoms with Crippen LogP contribution in [0, 0.1) is 0 Å². The summed E-state index contributed by atoms with van der Waals surface area (Å²) in [5.41, 5.74) is 2.21. The van der Waals surface area contributed by atoms with Gasteiger partial charge in [-0.2, -0.15) is 9.98 Å². The molecular formula is C25H19Br2N5O2S2. The summed E-state index contributed by atoms with van der Waals surface area (Å²) in [4.78, 5) is 40.2. The fourth-order valence-corrected chi connectivity index (χ4v) is 7.13. The van der Waals surface area contributed by atoms with Crippen LogP contribution in [0.25, 0.3) is 20.4 Å². The van der Waals surface area contributed by atoms with Crippen molar-refractivity contribution in [3.8, 4) is 0 Å². The molecule has 182 valence electrons. The number of pyridine rings is 1. The highest BCUT2D eigenvalue weighted by atomic mass is 79.9. The van der Waals surface area contributed by atoms with Gasteiger partial charge in [-0.3, -0.25) is 9.59 Å². The summed E-state index contributed by atoms with van der Waals surface area (Å²) in [5.74, 6) is -1.01. The van der Waals surface area contributed by atoms with E-state index in [-0.39, 0.29) is 11.4 Å². The van der Waals surface area contributed by atoms with Crippen LogP contribution in [0.4, 0.5) is 0 Å². The lowest BCUT2D eigenvalue weighted by molar-refractivity contribution is 0.0989. The summed E-state index contributed by atoms with van der Waals surface area (Å²) in [7, 11) is 0.